The normalized spacial score (nSPS) is 23.8. The quantitative estimate of drug-likeness (QED) is 0.355. The smallest absolute Gasteiger partial charge is 0.191 e. The lowest BCUT2D eigenvalue weighted by Gasteiger charge is -2.34. The molecule has 2 N–H and O–H groups in total. The molecule has 24 heavy (non-hydrogen) atoms. The topological polar surface area (TPSA) is 48.9 Å². The van der Waals surface area contributed by atoms with E-state index in [1.54, 1.807) is 0 Å². The van der Waals surface area contributed by atoms with Crippen LogP contribution in [0.25, 0.3) is 0 Å². The summed E-state index contributed by atoms with van der Waals surface area (Å²) in [5.41, 5.74) is 0. The minimum absolute atomic E-state index is 0. The fourth-order valence-corrected chi connectivity index (χ4v) is 3.33. The first-order valence-electron chi connectivity index (χ1n) is 8.85. The molecule has 5 nitrogen and oxygen atoms in total. The van der Waals surface area contributed by atoms with Crippen molar-refractivity contribution in [3.05, 3.63) is 0 Å². The number of likely N-dealkylation sites (tertiary alicyclic amines) is 1. The van der Waals surface area contributed by atoms with Gasteiger partial charge in [0, 0.05) is 50.6 Å². The van der Waals surface area contributed by atoms with Gasteiger partial charge < -0.3 is 20.3 Å². The van der Waals surface area contributed by atoms with Gasteiger partial charge in [0.25, 0.3) is 0 Å². The maximum absolute atomic E-state index is 5.49. The van der Waals surface area contributed by atoms with Crippen molar-refractivity contribution in [3.63, 3.8) is 0 Å². The summed E-state index contributed by atoms with van der Waals surface area (Å²) in [4.78, 5) is 6.98. The predicted molar refractivity (Wildman–Crippen MR) is 116 cm³/mol. The molecule has 2 rings (SSSR count). The van der Waals surface area contributed by atoms with Crippen LogP contribution >= 0.6 is 35.7 Å². The van der Waals surface area contributed by atoms with E-state index in [1.165, 1.54) is 38.9 Å². The Morgan fingerprint density at radius 3 is 2.54 bits per heavy atom. The number of halogens is 1. The number of nitrogens with one attached hydrogen (secondary N) is 2. The van der Waals surface area contributed by atoms with Crippen molar-refractivity contribution in [2.75, 3.05) is 52.7 Å². The molecule has 0 bridgehead atoms. The molecule has 0 aromatic rings. The van der Waals surface area contributed by atoms with Crippen molar-refractivity contribution >= 4 is 41.7 Å². The van der Waals surface area contributed by atoms with Crippen LogP contribution in [0.4, 0.5) is 0 Å². The Kier molecular flexibility index (Phi) is 10.3. The van der Waals surface area contributed by atoms with Crippen LogP contribution in [0.2, 0.25) is 0 Å². The monoisotopic (exact) mass is 470 g/mol. The van der Waals surface area contributed by atoms with Crippen molar-refractivity contribution < 1.29 is 4.74 Å². The molecule has 1 unspecified atom stereocenters. The maximum atomic E-state index is 5.49. The van der Waals surface area contributed by atoms with Crippen LogP contribution in [0, 0.1) is 5.92 Å². The molecule has 7 heteroatoms. The molecule has 0 aliphatic carbocycles. The minimum atomic E-state index is 0. The van der Waals surface area contributed by atoms with Crippen molar-refractivity contribution in [2.45, 2.75) is 43.9 Å². The van der Waals surface area contributed by atoms with E-state index in [0.29, 0.717) is 6.04 Å². The molecule has 0 saturated carbocycles. The lowest BCUT2D eigenvalue weighted by molar-refractivity contribution is 0.150. The zero-order chi connectivity index (χ0) is 16.7. The standard InChI is InChI=1S/C17H34N4OS.HI/c1-17(2,23-4)13-19-16(18-3)20-15-5-8-21(9-6-15)11-14-7-10-22-12-14;/h14-15H,5-13H2,1-4H3,(H2,18,19,20);1H. The van der Waals surface area contributed by atoms with Crippen LogP contribution in [0.3, 0.4) is 0 Å². The fraction of sp³-hybridized carbons (Fsp3) is 0.941. The van der Waals surface area contributed by atoms with Crippen LogP contribution in [0.1, 0.15) is 33.1 Å². The number of hydrogen-bond donors (Lipinski definition) is 2. The molecule has 2 aliphatic rings. The highest BCUT2D eigenvalue weighted by Crippen LogP contribution is 2.20. The van der Waals surface area contributed by atoms with Gasteiger partial charge in [-0.1, -0.05) is 0 Å². The van der Waals surface area contributed by atoms with E-state index in [0.717, 1.165) is 31.6 Å². The maximum Gasteiger partial charge on any atom is 0.191 e. The summed E-state index contributed by atoms with van der Waals surface area (Å²) in [6.45, 7) is 10.9. The SMILES string of the molecule is CN=C(NCC(C)(C)SC)NC1CCN(CC2CCOC2)CC1.I. The molecule has 2 aliphatic heterocycles. The predicted octanol–water partition coefficient (Wildman–Crippen LogP) is 2.41. The zero-order valence-corrected chi connectivity index (χ0v) is 18.8. The van der Waals surface area contributed by atoms with Gasteiger partial charge in [-0.25, -0.2) is 0 Å². The third kappa shape index (κ3) is 7.66. The molecular formula is C17H35IN4OS. The van der Waals surface area contributed by atoms with E-state index < -0.39 is 0 Å². The lowest BCUT2D eigenvalue weighted by atomic mass is 10.0. The summed E-state index contributed by atoms with van der Waals surface area (Å²) >= 11 is 1.88. The van der Waals surface area contributed by atoms with Gasteiger partial charge in [-0.2, -0.15) is 11.8 Å². The number of ether oxygens (including phenoxy) is 1. The van der Waals surface area contributed by atoms with Gasteiger partial charge in [0.1, 0.15) is 0 Å². The fourth-order valence-electron chi connectivity index (χ4n) is 3.11. The minimum Gasteiger partial charge on any atom is -0.381 e. The highest BCUT2D eigenvalue weighted by atomic mass is 127. The van der Waals surface area contributed by atoms with E-state index >= 15 is 0 Å². The molecule has 142 valence electrons. The van der Waals surface area contributed by atoms with Crippen LogP contribution in [-0.2, 0) is 4.74 Å². The van der Waals surface area contributed by atoms with E-state index in [9.17, 15) is 0 Å². The molecule has 0 amide bonds. The highest BCUT2D eigenvalue weighted by Gasteiger charge is 2.24. The molecule has 1 atom stereocenters. The van der Waals surface area contributed by atoms with Gasteiger partial charge in [0.05, 0.1) is 6.61 Å². The van der Waals surface area contributed by atoms with Gasteiger partial charge in [-0.15, -0.1) is 24.0 Å². The second kappa shape index (κ2) is 11.1. The van der Waals surface area contributed by atoms with Gasteiger partial charge in [-0.05, 0) is 45.3 Å². The summed E-state index contributed by atoms with van der Waals surface area (Å²) in [6.07, 6.45) is 5.78. The third-order valence-electron chi connectivity index (χ3n) is 4.93. The lowest BCUT2D eigenvalue weighted by Crippen LogP contribution is -2.51. The van der Waals surface area contributed by atoms with Crippen molar-refractivity contribution in [1.29, 1.82) is 0 Å². The van der Waals surface area contributed by atoms with Gasteiger partial charge in [-0.3, -0.25) is 4.99 Å². The van der Waals surface area contributed by atoms with Gasteiger partial charge in [0.15, 0.2) is 5.96 Å². The molecule has 0 aromatic heterocycles. The first-order valence-corrected chi connectivity index (χ1v) is 10.1. The van der Waals surface area contributed by atoms with Crippen molar-refractivity contribution in [2.24, 2.45) is 10.9 Å². The van der Waals surface area contributed by atoms with Crippen molar-refractivity contribution in [3.8, 4) is 0 Å². The van der Waals surface area contributed by atoms with E-state index in [4.69, 9.17) is 4.74 Å². The van der Waals surface area contributed by atoms with Gasteiger partial charge in [0.2, 0.25) is 0 Å². The number of hydrogen-bond acceptors (Lipinski definition) is 4. The Labute approximate surface area is 169 Å². The average molecular weight is 470 g/mol. The number of guanidine groups is 1. The van der Waals surface area contributed by atoms with Crippen LogP contribution in [-0.4, -0.2) is 74.3 Å². The largest absolute Gasteiger partial charge is 0.381 e. The molecule has 2 saturated heterocycles. The third-order valence-corrected chi connectivity index (χ3v) is 6.18. The molecule has 2 fully saturated rings. The molecule has 0 aromatic carbocycles. The highest BCUT2D eigenvalue weighted by molar-refractivity contribution is 14.0. The summed E-state index contributed by atoms with van der Waals surface area (Å²) in [5, 5.41) is 7.06. The van der Waals surface area contributed by atoms with E-state index in [2.05, 4.69) is 40.6 Å². The number of piperidine rings is 1. The summed E-state index contributed by atoms with van der Waals surface area (Å²) in [7, 11) is 1.86. The number of aliphatic imine (C=N–C) groups is 1. The molecule has 0 radical (unpaired) electrons. The van der Waals surface area contributed by atoms with E-state index in [-0.39, 0.29) is 28.7 Å². The van der Waals surface area contributed by atoms with Crippen LogP contribution in [0.5, 0.6) is 0 Å². The second-order valence-electron chi connectivity index (χ2n) is 7.34. The molecule has 0 spiro atoms. The van der Waals surface area contributed by atoms with Gasteiger partial charge >= 0.3 is 0 Å². The Bertz CT molecular complexity index is 381. The summed E-state index contributed by atoms with van der Waals surface area (Å²) in [5.74, 6) is 1.69. The number of rotatable bonds is 6. The number of nitrogens with zero attached hydrogens (tertiary/aromatic N) is 2. The second-order valence-corrected chi connectivity index (χ2v) is 8.85. The molecular weight excluding hydrogens is 435 g/mol. The Morgan fingerprint density at radius 1 is 1.29 bits per heavy atom. The average Bonchev–Trinajstić information content (AvgIpc) is 3.06. The Morgan fingerprint density at radius 2 is 2.00 bits per heavy atom. The summed E-state index contributed by atoms with van der Waals surface area (Å²) < 4.78 is 5.71. The van der Waals surface area contributed by atoms with Crippen molar-refractivity contribution in [1.82, 2.24) is 15.5 Å². The Hall–Kier alpha value is 0.270. The Balaban J connectivity index is 0.00000288. The van der Waals surface area contributed by atoms with Crippen LogP contribution < -0.4 is 10.6 Å². The summed E-state index contributed by atoms with van der Waals surface area (Å²) in [6, 6.07) is 0.537. The number of thioether (sulfide) groups is 1. The van der Waals surface area contributed by atoms with E-state index in [1.807, 2.05) is 18.8 Å². The van der Waals surface area contributed by atoms with Crippen LogP contribution in [0.15, 0.2) is 4.99 Å². The zero-order valence-electron chi connectivity index (χ0n) is 15.6. The first-order chi connectivity index (χ1) is 11.0. The first kappa shape index (κ1) is 22.3. The molecule has 2 heterocycles.